The molecule has 0 radical (unpaired) electrons. The Morgan fingerprint density at radius 3 is 2.93 bits per heavy atom. The number of rotatable bonds is 5. The lowest BCUT2D eigenvalue weighted by Gasteiger charge is -1.96. The van der Waals surface area contributed by atoms with Gasteiger partial charge in [-0.3, -0.25) is 0 Å². The van der Waals surface area contributed by atoms with E-state index in [1.807, 2.05) is 0 Å². The van der Waals surface area contributed by atoms with Gasteiger partial charge in [0, 0.05) is 5.92 Å². The molecule has 4 heteroatoms. The van der Waals surface area contributed by atoms with Gasteiger partial charge in [-0.2, -0.15) is 0 Å². The molecular weight excluding hydrogens is 178 g/mol. The van der Waals surface area contributed by atoms with E-state index in [2.05, 4.69) is 29.4 Å². The fourth-order valence-corrected chi connectivity index (χ4v) is 1.53. The van der Waals surface area contributed by atoms with Crippen LogP contribution in [0.2, 0.25) is 0 Å². The summed E-state index contributed by atoms with van der Waals surface area (Å²) in [5, 5.41) is 11.3. The third kappa shape index (κ3) is 2.12. The highest BCUT2D eigenvalue weighted by Gasteiger charge is 2.38. The smallest absolute Gasteiger partial charge is 0.230 e. The van der Waals surface area contributed by atoms with Crippen molar-refractivity contribution in [1.29, 1.82) is 0 Å². The maximum atomic E-state index is 5.54. The summed E-state index contributed by atoms with van der Waals surface area (Å²) in [6, 6.07) is 0. The predicted octanol–water partition coefficient (Wildman–Crippen LogP) is 1.69. The van der Waals surface area contributed by atoms with Crippen molar-refractivity contribution in [3.63, 3.8) is 0 Å². The average molecular weight is 195 g/mol. The summed E-state index contributed by atoms with van der Waals surface area (Å²) in [4.78, 5) is 0. The van der Waals surface area contributed by atoms with E-state index < -0.39 is 0 Å². The summed E-state index contributed by atoms with van der Waals surface area (Å²) in [6.45, 7) is 6.04. The van der Waals surface area contributed by atoms with Crippen molar-refractivity contribution in [3.8, 4) is 0 Å². The van der Waals surface area contributed by atoms with Crippen molar-refractivity contribution < 1.29 is 4.42 Å². The Labute approximate surface area is 84.1 Å². The lowest BCUT2D eigenvalue weighted by atomic mass is 10.3. The van der Waals surface area contributed by atoms with Gasteiger partial charge in [-0.25, -0.2) is 0 Å². The van der Waals surface area contributed by atoms with E-state index in [4.69, 9.17) is 4.42 Å². The fourth-order valence-electron chi connectivity index (χ4n) is 1.53. The molecule has 1 aromatic rings. The van der Waals surface area contributed by atoms with Crippen LogP contribution in [0.4, 0.5) is 0 Å². The van der Waals surface area contributed by atoms with Gasteiger partial charge in [0.05, 0.1) is 6.54 Å². The third-order valence-corrected chi connectivity index (χ3v) is 2.61. The van der Waals surface area contributed by atoms with Gasteiger partial charge < -0.3 is 9.73 Å². The second-order valence-corrected chi connectivity index (χ2v) is 4.03. The van der Waals surface area contributed by atoms with Crippen LogP contribution in [0.15, 0.2) is 4.42 Å². The zero-order chi connectivity index (χ0) is 9.97. The molecule has 1 fully saturated rings. The molecule has 1 aliphatic rings. The number of hydrogen-bond acceptors (Lipinski definition) is 4. The van der Waals surface area contributed by atoms with Crippen molar-refractivity contribution in [3.05, 3.63) is 11.8 Å². The van der Waals surface area contributed by atoms with E-state index in [9.17, 15) is 0 Å². The number of nitrogens with one attached hydrogen (secondary N) is 1. The zero-order valence-corrected chi connectivity index (χ0v) is 8.79. The van der Waals surface area contributed by atoms with Gasteiger partial charge in [0.15, 0.2) is 0 Å². The van der Waals surface area contributed by atoms with Gasteiger partial charge in [-0.05, 0) is 25.3 Å². The molecule has 1 aromatic heterocycles. The molecule has 1 N–H and O–H groups in total. The minimum atomic E-state index is 0.530. The van der Waals surface area contributed by atoms with Crippen LogP contribution in [0.25, 0.3) is 0 Å². The van der Waals surface area contributed by atoms with E-state index in [-0.39, 0.29) is 0 Å². The van der Waals surface area contributed by atoms with Crippen LogP contribution < -0.4 is 5.32 Å². The standard InChI is InChI=1S/C10H17N3O/c1-3-4-11-6-9-12-13-10(14-9)8-5-7(8)2/h7-8,11H,3-6H2,1-2H3. The molecule has 0 spiro atoms. The molecule has 0 bridgehead atoms. The minimum Gasteiger partial charge on any atom is -0.424 e. The molecule has 2 atom stereocenters. The Morgan fingerprint density at radius 1 is 1.50 bits per heavy atom. The van der Waals surface area contributed by atoms with Crippen LogP contribution in [-0.2, 0) is 6.54 Å². The van der Waals surface area contributed by atoms with E-state index in [0.29, 0.717) is 18.4 Å². The molecule has 2 unspecified atom stereocenters. The zero-order valence-electron chi connectivity index (χ0n) is 8.79. The third-order valence-electron chi connectivity index (χ3n) is 2.61. The number of nitrogens with zero attached hydrogens (tertiary/aromatic N) is 2. The highest BCUT2D eigenvalue weighted by molar-refractivity contribution is 5.04. The first-order valence-electron chi connectivity index (χ1n) is 5.34. The van der Waals surface area contributed by atoms with Crippen LogP contribution in [0.3, 0.4) is 0 Å². The van der Waals surface area contributed by atoms with Crippen LogP contribution in [0.5, 0.6) is 0 Å². The molecule has 1 aliphatic carbocycles. The minimum absolute atomic E-state index is 0.530. The quantitative estimate of drug-likeness (QED) is 0.726. The number of aromatic nitrogens is 2. The highest BCUT2D eigenvalue weighted by atomic mass is 16.4. The maximum absolute atomic E-state index is 5.54. The molecule has 4 nitrogen and oxygen atoms in total. The Hall–Kier alpha value is -0.900. The van der Waals surface area contributed by atoms with E-state index in [0.717, 1.165) is 24.8 Å². The van der Waals surface area contributed by atoms with Gasteiger partial charge in [0.1, 0.15) is 0 Å². The van der Waals surface area contributed by atoms with Crippen LogP contribution in [-0.4, -0.2) is 16.7 Å². The SMILES string of the molecule is CCCNCc1nnc(C2CC2C)o1. The summed E-state index contributed by atoms with van der Waals surface area (Å²) in [5.41, 5.74) is 0. The van der Waals surface area contributed by atoms with Gasteiger partial charge in [-0.15, -0.1) is 10.2 Å². The molecule has 0 amide bonds. The lowest BCUT2D eigenvalue weighted by Crippen LogP contribution is -2.13. The molecule has 0 aromatic carbocycles. The maximum Gasteiger partial charge on any atom is 0.230 e. The molecule has 78 valence electrons. The van der Waals surface area contributed by atoms with Crippen LogP contribution in [0, 0.1) is 5.92 Å². The van der Waals surface area contributed by atoms with Crippen LogP contribution in [0.1, 0.15) is 44.4 Å². The van der Waals surface area contributed by atoms with Gasteiger partial charge in [-0.1, -0.05) is 13.8 Å². The van der Waals surface area contributed by atoms with Gasteiger partial charge in [0.25, 0.3) is 0 Å². The summed E-state index contributed by atoms with van der Waals surface area (Å²) >= 11 is 0. The molecule has 0 saturated heterocycles. The van der Waals surface area contributed by atoms with Crippen molar-refractivity contribution in [2.75, 3.05) is 6.54 Å². The first-order chi connectivity index (χ1) is 6.81. The van der Waals surface area contributed by atoms with Crippen molar-refractivity contribution >= 4 is 0 Å². The fraction of sp³-hybridized carbons (Fsp3) is 0.800. The number of hydrogen-bond donors (Lipinski definition) is 1. The summed E-state index contributed by atoms with van der Waals surface area (Å²) in [7, 11) is 0. The molecular formula is C10H17N3O. The predicted molar refractivity (Wildman–Crippen MR) is 52.8 cm³/mol. The van der Waals surface area contributed by atoms with Crippen molar-refractivity contribution in [2.24, 2.45) is 5.92 Å². The second-order valence-electron chi connectivity index (χ2n) is 4.03. The topological polar surface area (TPSA) is 51.0 Å². The Balaban J connectivity index is 1.84. The molecule has 2 rings (SSSR count). The van der Waals surface area contributed by atoms with Gasteiger partial charge in [0.2, 0.25) is 11.8 Å². The lowest BCUT2D eigenvalue weighted by molar-refractivity contribution is 0.430. The first kappa shape index (κ1) is 9.65. The Morgan fingerprint density at radius 2 is 2.29 bits per heavy atom. The van der Waals surface area contributed by atoms with Crippen molar-refractivity contribution in [1.82, 2.24) is 15.5 Å². The monoisotopic (exact) mass is 195 g/mol. The average Bonchev–Trinajstić information content (AvgIpc) is 2.74. The Bertz CT molecular complexity index is 297. The molecule has 1 heterocycles. The Kier molecular flexibility index (Phi) is 2.82. The van der Waals surface area contributed by atoms with E-state index >= 15 is 0 Å². The summed E-state index contributed by atoms with van der Waals surface area (Å²) in [5.74, 6) is 2.80. The molecule has 1 saturated carbocycles. The molecule has 14 heavy (non-hydrogen) atoms. The summed E-state index contributed by atoms with van der Waals surface area (Å²) < 4.78 is 5.54. The normalized spacial score (nSPS) is 25.3. The van der Waals surface area contributed by atoms with Crippen LogP contribution >= 0.6 is 0 Å². The summed E-state index contributed by atoms with van der Waals surface area (Å²) in [6.07, 6.45) is 2.32. The van der Waals surface area contributed by atoms with Gasteiger partial charge >= 0.3 is 0 Å². The van der Waals surface area contributed by atoms with Crippen molar-refractivity contribution in [2.45, 2.75) is 39.2 Å². The second kappa shape index (κ2) is 4.09. The highest BCUT2D eigenvalue weighted by Crippen LogP contribution is 2.46. The largest absolute Gasteiger partial charge is 0.424 e. The van der Waals surface area contributed by atoms with E-state index in [1.165, 1.54) is 6.42 Å². The first-order valence-corrected chi connectivity index (χ1v) is 5.34. The molecule has 0 aliphatic heterocycles. The van der Waals surface area contributed by atoms with E-state index in [1.54, 1.807) is 0 Å².